The fourth-order valence-corrected chi connectivity index (χ4v) is 6.28. The topological polar surface area (TPSA) is 55.5 Å². The van der Waals surface area contributed by atoms with Gasteiger partial charge in [-0.3, -0.25) is 4.79 Å². The minimum Gasteiger partial charge on any atom is -0.352 e. The quantitative estimate of drug-likeness (QED) is 0.709. The van der Waals surface area contributed by atoms with E-state index in [0.29, 0.717) is 4.59 Å². The van der Waals surface area contributed by atoms with Crippen molar-refractivity contribution in [3.05, 3.63) is 71.9 Å². The molecule has 1 atom stereocenters. The fourth-order valence-electron chi connectivity index (χ4n) is 5.33. The van der Waals surface area contributed by atoms with Crippen molar-refractivity contribution in [1.29, 1.82) is 0 Å². The van der Waals surface area contributed by atoms with Gasteiger partial charge in [-0.15, -0.1) is 16.8 Å². The number of hydrogen-bond donors (Lipinski definition) is 1. The highest BCUT2D eigenvalue weighted by atomic mass is 32.2. The summed E-state index contributed by atoms with van der Waals surface area (Å²) in [5, 5.41) is 2.50. The molecule has 33 heavy (non-hydrogen) atoms. The van der Waals surface area contributed by atoms with Crippen molar-refractivity contribution >= 4 is 23.5 Å². The number of allylic oxidation sites excluding steroid dienone is 3. The van der Waals surface area contributed by atoms with Crippen LogP contribution in [0.3, 0.4) is 0 Å². The van der Waals surface area contributed by atoms with Gasteiger partial charge in [0, 0.05) is 43.1 Å². The fraction of sp³-hybridized carbons (Fsp3) is 0.360. The van der Waals surface area contributed by atoms with Crippen LogP contribution in [0.4, 0.5) is 5.82 Å². The first-order chi connectivity index (χ1) is 16.1. The third kappa shape index (κ3) is 3.53. The molecule has 1 aromatic heterocycles. The lowest BCUT2D eigenvalue weighted by Crippen LogP contribution is -2.60. The van der Waals surface area contributed by atoms with Gasteiger partial charge in [0.15, 0.2) is 11.5 Å². The number of benzene rings is 1. The van der Waals surface area contributed by atoms with E-state index in [4.69, 9.17) is 4.98 Å². The van der Waals surface area contributed by atoms with Crippen molar-refractivity contribution in [2.75, 3.05) is 55.8 Å². The second-order valence-corrected chi connectivity index (χ2v) is 10.1. The summed E-state index contributed by atoms with van der Waals surface area (Å²) >= 11 is 1.84. The van der Waals surface area contributed by atoms with Gasteiger partial charge in [0.2, 0.25) is 0 Å². The summed E-state index contributed by atoms with van der Waals surface area (Å²) in [6.07, 6.45) is 8.67. The molecule has 8 heteroatoms. The van der Waals surface area contributed by atoms with Crippen molar-refractivity contribution in [2.45, 2.75) is 6.92 Å². The Kier molecular flexibility index (Phi) is 5.16. The molecule has 0 radical (unpaired) electrons. The van der Waals surface area contributed by atoms with Crippen LogP contribution in [-0.4, -0.2) is 81.3 Å². The van der Waals surface area contributed by atoms with Gasteiger partial charge in [-0.2, -0.15) is 4.59 Å². The number of carbonyl (C=O) groups excluding carboxylic acids is 1. The van der Waals surface area contributed by atoms with Crippen LogP contribution in [0.25, 0.3) is 11.3 Å². The average molecular weight is 462 g/mol. The molecule has 7 nitrogen and oxygen atoms in total. The number of aryl methyl sites for hydroxylation is 1. The molecule has 5 heterocycles. The lowest BCUT2D eigenvalue weighted by Gasteiger charge is -2.44. The zero-order chi connectivity index (χ0) is 22.4. The Bertz CT molecular complexity index is 1150. The summed E-state index contributed by atoms with van der Waals surface area (Å²) in [4.78, 5) is 25.7. The average Bonchev–Trinajstić information content (AvgIpc) is 3.62. The lowest BCUT2D eigenvalue weighted by molar-refractivity contribution is -0.948. The number of thioether (sulfide) groups is 1. The Hall–Kier alpha value is -2.81. The van der Waals surface area contributed by atoms with Crippen molar-refractivity contribution in [3.8, 4) is 11.3 Å². The van der Waals surface area contributed by atoms with Gasteiger partial charge in [-0.1, -0.05) is 30.3 Å². The summed E-state index contributed by atoms with van der Waals surface area (Å²) in [5.74, 6) is 4.04. The maximum atomic E-state index is 13.1. The molecule has 4 aliphatic rings. The van der Waals surface area contributed by atoms with E-state index in [-0.39, 0.29) is 5.91 Å². The van der Waals surface area contributed by atoms with Crippen molar-refractivity contribution in [1.82, 2.24) is 19.9 Å². The first-order valence-electron chi connectivity index (χ1n) is 11.6. The highest BCUT2D eigenvalue weighted by molar-refractivity contribution is 7.99. The van der Waals surface area contributed by atoms with Gasteiger partial charge < -0.3 is 14.8 Å². The number of imidazole rings is 1. The first kappa shape index (κ1) is 20.8. The number of carbonyl (C=O) groups is 1. The van der Waals surface area contributed by atoms with Crippen LogP contribution in [0.2, 0.25) is 0 Å². The van der Waals surface area contributed by atoms with Gasteiger partial charge >= 0.3 is 0 Å². The van der Waals surface area contributed by atoms with Crippen LogP contribution in [0.15, 0.2) is 66.0 Å². The molecule has 4 aliphatic heterocycles. The number of aromatic amines is 1. The molecule has 2 fully saturated rings. The molecule has 1 N–H and O–H groups in total. The Morgan fingerprint density at radius 3 is 2.70 bits per heavy atom. The third-order valence-corrected chi connectivity index (χ3v) is 7.99. The molecule has 2 saturated heterocycles. The van der Waals surface area contributed by atoms with Crippen molar-refractivity contribution in [3.63, 3.8) is 0 Å². The number of H-pyrrole nitrogens is 1. The van der Waals surface area contributed by atoms with E-state index in [1.807, 2.05) is 29.7 Å². The maximum Gasteiger partial charge on any atom is 0.256 e. The van der Waals surface area contributed by atoms with E-state index in [9.17, 15) is 4.79 Å². The van der Waals surface area contributed by atoms with Crippen LogP contribution in [0, 0.1) is 6.92 Å². The minimum absolute atomic E-state index is 0.208. The number of fused-ring (bicyclic) bond motifs is 1. The summed E-state index contributed by atoms with van der Waals surface area (Å²) in [7, 11) is 0. The van der Waals surface area contributed by atoms with Crippen molar-refractivity contribution < 1.29 is 9.39 Å². The number of amides is 1. The smallest absolute Gasteiger partial charge is 0.256 e. The standard InChI is InChI=1S/C25H29N6OS/c1-19-26-23(20-6-3-2-4-7-20)24(27-19)28-9-11-30(12-10-28)31-14-5-8-22(31)16-21(17-31)25(32)29-13-15-33-18-29/h2-8,14,16H,9-13,15,17-18H2,1H3,(H,26,27)/q+1/t31-/m1/s1. The number of quaternary nitrogens is 1. The Morgan fingerprint density at radius 2 is 1.94 bits per heavy atom. The number of piperazine rings is 1. The number of rotatable bonds is 4. The molecule has 0 spiro atoms. The molecule has 1 aromatic carbocycles. The van der Waals surface area contributed by atoms with Crippen LogP contribution in [0.1, 0.15) is 5.82 Å². The normalized spacial score (nSPS) is 24.9. The van der Waals surface area contributed by atoms with Crippen LogP contribution < -0.4 is 4.90 Å². The Balaban J connectivity index is 1.18. The van der Waals surface area contributed by atoms with E-state index >= 15 is 0 Å². The molecule has 0 unspecified atom stereocenters. The van der Waals surface area contributed by atoms with Gasteiger partial charge in [-0.05, 0) is 13.0 Å². The molecular formula is C25H29N6OS+. The maximum absolute atomic E-state index is 13.1. The van der Waals surface area contributed by atoms with Crippen molar-refractivity contribution in [2.24, 2.45) is 0 Å². The molecule has 0 aliphatic carbocycles. The Morgan fingerprint density at radius 1 is 1.12 bits per heavy atom. The highest BCUT2D eigenvalue weighted by Gasteiger charge is 2.48. The van der Waals surface area contributed by atoms with Gasteiger partial charge in [-0.25, -0.2) is 4.98 Å². The minimum atomic E-state index is 0.208. The monoisotopic (exact) mass is 461 g/mol. The largest absolute Gasteiger partial charge is 0.352 e. The second kappa shape index (κ2) is 8.20. The number of anilines is 1. The number of nitrogens with one attached hydrogen (secondary N) is 1. The van der Waals surface area contributed by atoms with Gasteiger partial charge in [0.05, 0.1) is 30.2 Å². The molecular weight excluding hydrogens is 432 g/mol. The molecule has 1 amide bonds. The Labute approximate surface area is 198 Å². The third-order valence-electron chi connectivity index (χ3n) is 7.02. The van der Waals surface area contributed by atoms with E-state index < -0.39 is 0 Å². The number of aromatic nitrogens is 2. The molecule has 170 valence electrons. The summed E-state index contributed by atoms with van der Waals surface area (Å²) in [5.41, 5.74) is 4.40. The number of hydrogen-bond acceptors (Lipinski definition) is 5. The van der Waals surface area contributed by atoms with E-state index in [2.05, 4.69) is 63.6 Å². The van der Waals surface area contributed by atoms with Gasteiger partial charge in [0.25, 0.3) is 5.91 Å². The van der Waals surface area contributed by atoms with E-state index in [0.717, 1.165) is 79.4 Å². The molecule has 6 rings (SSSR count). The summed E-state index contributed by atoms with van der Waals surface area (Å²) < 4.78 is 0.654. The zero-order valence-corrected chi connectivity index (χ0v) is 19.7. The summed E-state index contributed by atoms with van der Waals surface area (Å²) in [6, 6.07) is 10.4. The predicted octanol–water partition coefficient (Wildman–Crippen LogP) is 3.12. The van der Waals surface area contributed by atoms with Crippen LogP contribution in [0.5, 0.6) is 0 Å². The van der Waals surface area contributed by atoms with Crippen LogP contribution in [-0.2, 0) is 4.79 Å². The first-order valence-corrected chi connectivity index (χ1v) is 12.8. The predicted molar refractivity (Wildman–Crippen MR) is 132 cm³/mol. The highest BCUT2D eigenvalue weighted by Crippen LogP contribution is 2.38. The molecule has 0 bridgehead atoms. The molecule has 0 saturated carbocycles. The SMILES string of the molecule is Cc1nc(N2CCN([N@@+]34C=CC=C3C=C(C(=O)N3CCSC3)C4)CC2)c(-c2ccccc2)[nH]1. The lowest BCUT2D eigenvalue weighted by atomic mass is 10.1. The van der Waals surface area contributed by atoms with E-state index in [1.165, 1.54) is 5.70 Å². The number of nitrogens with zero attached hydrogens (tertiary/aromatic N) is 5. The van der Waals surface area contributed by atoms with Gasteiger partial charge in [0.1, 0.15) is 18.6 Å². The zero-order valence-electron chi connectivity index (χ0n) is 18.9. The molecule has 2 aromatic rings. The summed E-state index contributed by atoms with van der Waals surface area (Å²) in [6.45, 7) is 7.23. The second-order valence-electron chi connectivity index (χ2n) is 9.02. The van der Waals surface area contributed by atoms with E-state index in [1.54, 1.807) is 0 Å². The van der Waals surface area contributed by atoms with Crippen LogP contribution >= 0.6 is 11.8 Å².